The van der Waals surface area contributed by atoms with Crippen molar-refractivity contribution in [3.63, 3.8) is 0 Å². The maximum atomic E-state index is 13.5. The number of likely N-dealkylation sites (tertiary alicyclic amines) is 1. The van der Waals surface area contributed by atoms with Crippen molar-refractivity contribution in [2.45, 2.75) is 31.7 Å². The van der Waals surface area contributed by atoms with Gasteiger partial charge in [0.2, 0.25) is 0 Å². The number of piperidine rings is 1. The van der Waals surface area contributed by atoms with Crippen molar-refractivity contribution >= 4 is 39.1 Å². The van der Waals surface area contributed by atoms with E-state index < -0.39 is 0 Å². The zero-order valence-electron chi connectivity index (χ0n) is 15.9. The zero-order chi connectivity index (χ0) is 19.8. The maximum Gasteiger partial charge on any atom is 0.254 e. The first-order chi connectivity index (χ1) is 14.2. The maximum absolute atomic E-state index is 13.5. The van der Waals surface area contributed by atoms with Crippen molar-refractivity contribution in [2.75, 3.05) is 19.8 Å². The second-order valence-corrected chi connectivity index (χ2v) is 8.84. The van der Waals surface area contributed by atoms with Crippen LogP contribution in [0.25, 0.3) is 10.2 Å². The number of amides is 1. The second-order valence-electron chi connectivity index (χ2n) is 7.37. The summed E-state index contributed by atoms with van der Waals surface area (Å²) in [7, 11) is 0. The average molecular weight is 429 g/mol. The number of thiazole rings is 1. The molecule has 0 radical (unpaired) electrons. The Hall–Kier alpha value is -2.31. The average Bonchev–Trinajstić information content (AvgIpc) is 3.03. The van der Waals surface area contributed by atoms with E-state index in [1.54, 1.807) is 23.5 Å². The van der Waals surface area contributed by atoms with Gasteiger partial charge in [0.25, 0.3) is 5.91 Å². The lowest BCUT2D eigenvalue weighted by Crippen LogP contribution is -2.38. The highest BCUT2D eigenvalue weighted by Gasteiger charge is 2.32. The van der Waals surface area contributed by atoms with E-state index in [4.69, 9.17) is 26.1 Å². The predicted octanol–water partition coefficient (Wildman–Crippen LogP) is 5.48. The molecule has 29 heavy (non-hydrogen) atoms. The third-order valence-electron chi connectivity index (χ3n) is 5.41. The van der Waals surface area contributed by atoms with Crippen molar-refractivity contribution in [1.82, 2.24) is 9.88 Å². The van der Waals surface area contributed by atoms with Gasteiger partial charge in [0.15, 0.2) is 11.5 Å². The van der Waals surface area contributed by atoms with Crippen LogP contribution in [-0.4, -0.2) is 35.5 Å². The molecule has 5 rings (SSSR count). The Kier molecular flexibility index (Phi) is 5.06. The third-order valence-corrected chi connectivity index (χ3v) is 6.83. The molecule has 1 fully saturated rings. The van der Waals surface area contributed by atoms with E-state index in [1.807, 2.05) is 23.1 Å². The summed E-state index contributed by atoms with van der Waals surface area (Å²) in [5.74, 6) is 1.04. The summed E-state index contributed by atoms with van der Waals surface area (Å²) in [5, 5.41) is 1.42. The fourth-order valence-corrected chi connectivity index (χ4v) is 5.36. The molecular weight excluding hydrogens is 408 g/mol. The van der Waals surface area contributed by atoms with Gasteiger partial charge in [-0.15, -0.1) is 11.3 Å². The highest BCUT2D eigenvalue weighted by atomic mass is 35.5. The Balaban J connectivity index is 1.49. The van der Waals surface area contributed by atoms with Crippen molar-refractivity contribution < 1.29 is 14.3 Å². The van der Waals surface area contributed by atoms with E-state index in [2.05, 4.69) is 6.07 Å². The van der Waals surface area contributed by atoms with Gasteiger partial charge < -0.3 is 14.4 Å². The quantitative estimate of drug-likeness (QED) is 0.542. The molecule has 2 aromatic carbocycles. The molecule has 0 N–H and O–H groups in total. The van der Waals surface area contributed by atoms with Gasteiger partial charge in [0.1, 0.15) is 5.01 Å². The Morgan fingerprint density at radius 3 is 2.90 bits per heavy atom. The Morgan fingerprint density at radius 2 is 2.00 bits per heavy atom. The van der Waals surface area contributed by atoms with Gasteiger partial charge >= 0.3 is 0 Å². The summed E-state index contributed by atoms with van der Waals surface area (Å²) >= 11 is 8.10. The van der Waals surface area contributed by atoms with Gasteiger partial charge in [0, 0.05) is 18.5 Å². The summed E-state index contributed by atoms with van der Waals surface area (Å²) in [5.41, 5.74) is 1.52. The van der Waals surface area contributed by atoms with Crippen molar-refractivity contribution in [2.24, 2.45) is 0 Å². The monoisotopic (exact) mass is 428 g/mol. The van der Waals surface area contributed by atoms with E-state index in [0.29, 0.717) is 41.8 Å². The van der Waals surface area contributed by atoms with Crippen LogP contribution in [0.15, 0.2) is 36.4 Å². The molecule has 1 atom stereocenters. The summed E-state index contributed by atoms with van der Waals surface area (Å²) in [4.78, 5) is 20.2. The van der Waals surface area contributed by atoms with Crippen LogP contribution < -0.4 is 9.47 Å². The smallest absolute Gasteiger partial charge is 0.254 e. The van der Waals surface area contributed by atoms with E-state index in [0.717, 1.165) is 40.9 Å². The molecule has 7 heteroatoms. The lowest BCUT2D eigenvalue weighted by atomic mass is 10.0. The first-order valence-corrected chi connectivity index (χ1v) is 11.2. The molecule has 3 heterocycles. The lowest BCUT2D eigenvalue weighted by Gasteiger charge is -2.34. The van der Waals surface area contributed by atoms with Crippen LogP contribution in [-0.2, 0) is 0 Å². The van der Waals surface area contributed by atoms with Gasteiger partial charge in [0.05, 0.1) is 34.5 Å². The fraction of sp³-hybridized carbons (Fsp3) is 0.364. The molecule has 0 saturated carbocycles. The molecule has 1 amide bonds. The number of hydrogen-bond donors (Lipinski definition) is 0. The van der Waals surface area contributed by atoms with Gasteiger partial charge in [-0.2, -0.15) is 0 Å². The van der Waals surface area contributed by atoms with Gasteiger partial charge in [-0.1, -0.05) is 23.7 Å². The number of rotatable bonds is 2. The van der Waals surface area contributed by atoms with Crippen LogP contribution in [0.4, 0.5) is 0 Å². The number of aromatic nitrogens is 1. The Bertz CT molecular complexity index is 1030. The minimum Gasteiger partial charge on any atom is -0.489 e. The first kappa shape index (κ1) is 18.7. The molecule has 1 saturated heterocycles. The number of ether oxygens (including phenoxy) is 2. The van der Waals surface area contributed by atoms with Crippen molar-refractivity contribution in [1.29, 1.82) is 0 Å². The summed E-state index contributed by atoms with van der Waals surface area (Å²) in [6.07, 6.45) is 3.79. The van der Waals surface area contributed by atoms with Crippen LogP contribution in [0, 0.1) is 0 Å². The highest BCUT2D eigenvalue weighted by molar-refractivity contribution is 7.18. The number of para-hydroxylation sites is 1. The molecule has 0 bridgehead atoms. The molecule has 0 aliphatic carbocycles. The van der Waals surface area contributed by atoms with Crippen LogP contribution in [0.1, 0.15) is 47.1 Å². The fourth-order valence-electron chi connectivity index (χ4n) is 3.98. The van der Waals surface area contributed by atoms with Crippen molar-refractivity contribution in [3.05, 3.63) is 52.0 Å². The van der Waals surface area contributed by atoms with Gasteiger partial charge in [-0.3, -0.25) is 4.79 Å². The number of carbonyl (C=O) groups excluding carboxylic acids is 1. The molecule has 0 spiro atoms. The largest absolute Gasteiger partial charge is 0.489 e. The SMILES string of the molecule is O=C(c1cc(Cl)c2c(c1)OCCCO2)N1CCCCC1c1nc2ccccc2s1. The second kappa shape index (κ2) is 7.84. The number of benzene rings is 2. The lowest BCUT2D eigenvalue weighted by molar-refractivity contribution is 0.0611. The first-order valence-electron chi connectivity index (χ1n) is 9.96. The highest BCUT2D eigenvalue weighted by Crippen LogP contribution is 2.40. The van der Waals surface area contributed by atoms with E-state index in [1.165, 1.54) is 0 Å². The number of hydrogen-bond acceptors (Lipinski definition) is 5. The zero-order valence-corrected chi connectivity index (χ0v) is 17.5. The Labute approximate surface area is 178 Å². The van der Waals surface area contributed by atoms with E-state index in [-0.39, 0.29) is 11.9 Å². The number of fused-ring (bicyclic) bond motifs is 2. The van der Waals surface area contributed by atoms with Crippen LogP contribution >= 0.6 is 22.9 Å². The van der Waals surface area contributed by atoms with E-state index in [9.17, 15) is 4.79 Å². The molecule has 5 nitrogen and oxygen atoms in total. The number of carbonyl (C=O) groups is 1. The molecule has 3 aromatic rings. The molecule has 2 aliphatic heterocycles. The topological polar surface area (TPSA) is 51.7 Å². The minimum absolute atomic E-state index is 0.0107. The molecular formula is C22H21ClN2O3S. The number of halogens is 1. The van der Waals surface area contributed by atoms with E-state index >= 15 is 0 Å². The normalized spacial score (nSPS) is 19.2. The van der Waals surface area contributed by atoms with Crippen LogP contribution in [0.2, 0.25) is 5.02 Å². The van der Waals surface area contributed by atoms with Gasteiger partial charge in [-0.05, 0) is 43.5 Å². The summed E-state index contributed by atoms with van der Waals surface area (Å²) in [6.45, 7) is 1.83. The third kappa shape index (κ3) is 3.55. The number of nitrogens with zero attached hydrogens (tertiary/aromatic N) is 2. The van der Waals surface area contributed by atoms with Crippen LogP contribution in [0.3, 0.4) is 0 Å². The molecule has 150 valence electrons. The predicted molar refractivity (Wildman–Crippen MR) is 114 cm³/mol. The minimum atomic E-state index is -0.0356. The molecule has 1 aromatic heterocycles. The standard InChI is InChI=1S/C22H21ClN2O3S/c23-15-12-14(13-18-20(15)28-11-5-10-27-18)22(26)25-9-4-3-7-17(25)21-24-16-6-1-2-8-19(16)29-21/h1-2,6,8,12-13,17H,3-5,7,9-11H2. The molecule has 2 aliphatic rings. The summed E-state index contributed by atoms with van der Waals surface area (Å²) in [6, 6.07) is 11.6. The molecule has 1 unspecified atom stereocenters. The summed E-state index contributed by atoms with van der Waals surface area (Å²) < 4.78 is 12.6. The Morgan fingerprint density at radius 1 is 1.14 bits per heavy atom. The van der Waals surface area contributed by atoms with Crippen molar-refractivity contribution in [3.8, 4) is 11.5 Å². The van der Waals surface area contributed by atoms with Gasteiger partial charge in [-0.25, -0.2) is 4.98 Å². The van der Waals surface area contributed by atoms with Crippen LogP contribution in [0.5, 0.6) is 11.5 Å².